The van der Waals surface area contributed by atoms with Gasteiger partial charge in [-0.05, 0) is 48.9 Å². The Labute approximate surface area is 197 Å². The molecule has 0 spiro atoms. The molecule has 1 aliphatic carbocycles. The van der Waals surface area contributed by atoms with Gasteiger partial charge in [0, 0.05) is 34.9 Å². The predicted octanol–water partition coefficient (Wildman–Crippen LogP) is 6.20. The third-order valence-electron chi connectivity index (χ3n) is 7.70. The standard InChI is InChI=1S/C28H28N2O4/c1-34-28(33)19-11-12-20-22(16-19)29-13-6-14-30-23(27(31)32)15-18-9-5-10-21(25(18)30)26(29)24(20)17-7-3-2-4-8-17/h5,9-12,15-17H,2-4,6-8,13-14H2,1H3,(H,31,32). The Morgan fingerprint density at radius 3 is 2.53 bits per heavy atom. The Morgan fingerprint density at radius 1 is 0.971 bits per heavy atom. The summed E-state index contributed by atoms with van der Waals surface area (Å²) in [4.78, 5) is 24.4. The van der Waals surface area contributed by atoms with Gasteiger partial charge in [0.15, 0.2) is 0 Å². The van der Waals surface area contributed by atoms with Crippen molar-refractivity contribution in [1.29, 1.82) is 0 Å². The molecule has 0 radical (unpaired) electrons. The normalized spacial score (nSPS) is 16.3. The van der Waals surface area contributed by atoms with Gasteiger partial charge in [-0.15, -0.1) is 0 Å². The number of para-hydroxylation sites is 1. The molecule has 6 heteroatoms. The molecule has 0 saturated heterocycles. The third kappa shape index (κ3) is 3.08. The molecule has 0 unspecified atom stereocenters. The van der Waals surface area contributed by atoms with Gasteiger partial charge in [0.05, 0.1) is 23.9 Å². The van der Waals surface area contributed by atoms with Gasteiger partial charge in [0.25, 0.3) is 0 Å². The van der Waals surface area contributed by atoms with E-state index in [2.05, 4.69) is 16.7 Å². The summed E-state index contributed by atoms with van der Waals surface area (Å²) in [5.41, 5.74) is 6.58. The van der Waals surface area contributed by atoms with E-state index in [0.717, 1.165) is 47.8 Å². The Bertz CT molecular complexity index is 1450. The molecule has 0 atom stereocenters. The molecule has 174 valence electrons. The van der Waals surface area contributed by atoms with Gasteiger partial charge in [-0.3, -0.25) is 0 Å². The molecule has 34 heavy (non-hydrogen) atoms. The number of carboxylic acids is 1. The summed E-state index contributed by atoms with van der Waals surface area (Å²) in [5.74, 6) is -0.767. The molecule has 6 nitrogen and oxygen atoms in total. The lowest BCUT2D eigenvalue weighted by molar-refractivity contribution is 0.0600. The van der Waals surface area contributed by atoms with Gasteiger partial charge in [-0.25, -0.2) is 9.59 Å². The van der Waals surface area contributed by atoms with E-state index in [0.29, 0.717) is 23.7 Å². The predicted molar refractivity (Wildman–Crippen MR) is 132 cm³/mol. The fourth-order valence-electron chi connectivity index (χ4n) is 6.26. The number of hydrogen-bond donors (Lipinski definition) is 1. The molecule has 0 bridgehead atoms. The maximum Gasteiger partial charge on any atom is 0.352 e. The van der Waals surface area contributed by atoms with Gasteiger partial charge in [0.1, 0.15) is 5.69 Å². The number of ether oxygens (including phenoxy) is 1. The molecule has 6 rings (SSSR count). The van der Waals surface area contributed by atoms with Crippen molar-refractivity contribution in [3.05, 3.63) is 59.3 Å². The van der Waals surface area contributed by atoms with Gasteiger partial charge in [-0.1, -0.05) is 43.5 Å². The number of fused-ring (bicyclic) bond motifs is 4. The molecule has 2 aromatic heterocycles. The average molecular weight is 457 g/mol. The first kappa shape index (κ1) is 21.0. The summed E-state index contributed by atoms with van der Waals surface area (Å²) in [6.07, 6.45) is 6.84. The number of nitrogens with zero attached hydrogens (tertiary/aromatic N) is 2. The summed E-state index contributed by atoms with van der Waals surface area (Å²) in [5, 5.41) is 12.0. The van der Waals surface area contributed by atoms with Gasteiger partial charge < -0.3 is 19.0 Å². The first-order valence-corrected chi connectivity index (χ1v) is 12.2. The van der Waals surface area contributed by atoms with E-state index in [-0.39, 0.29) is 5.97 Å². The minimum Gasteiger partial charge on any atom is -0.477 e. The largest absolute Gasteiger partial charge is 0.477 e. The highest BCUT2D eigenvalue weighted by Gasteiger charge is 2.30. The minimum atomic E-state index is -0.890. The lowest BCUT2D eigenvalue weighted by Gasteiger charge is -2.25. The number of carboxylic acid groups (broad SMARTS) is 1. The van der Waals surface area contributed by atoms with Crippen LogP contribution in [0.4, 0.5) is 0 Å². The zero-order valence-corrected chi connectivity index (χ0v) is 19.3. The first-order chi connectivity index (χ1) is 16.6. The smallest absolute Gasteiger partial charge is 0.352 e. The number of benzene rings is 2. The van der Waals surface area contributed by atoms with Crippen molar-refractivity contribution in [1.82, 2.24) is 9.13 Å². The average Bonchev–Trinajstić information content (AvgIpc) is 3.38. The maximum atomic E-state index is 12.4. The topological polar surface area (TPSA) is 73.5 Å². The van der Waals surface area contributed by atoms with Crippen molar-refractivity contribution < 1.29 is 19.4 Å². The summed E-state index contributed by atoms with van der Waals surface area (Å²) < 4.78 is 9.37. The van der Waals surface area contributed by atoms with Crippen LogP contribution in [-0.4, -0.2) is 33.3 Å². The van der Waals surface area contributed by atoms with E-state index in [4.69, 9.17) is 4.74 Å². The fourth-order valence-corrected chi connectivity index (χ4v) is 6.26. The summed E-state index contributed by atoms with van der Waals surface area (Å²) in [7, 11) is 1.41. The number of methoxy groups -OCH3 is 1. The van der Waals surface area contributed by atoms with Crippen molar-refractivity contribution in [2.75, 3.05) is 7.11 Å². The van der Waals surface area contributed by atoms with Crippen molar-refractivity contribution in [2.45, 2.75) is 57.5 Å². The Hall–Kier alpha value is -3.54. The highest BCUT2D eigenvalue weighted by molar-refractivity contribution is 6.05. The maximum absolute atomic E-state index is 12.4. The number of carbonyl (C=O) groups excluding carboxylic acids is 1. The Kier molecular flexibility index (Phi) is 4.97. The van der Waals surface area contributed by atoms with Crippen molar-refractivity contribution in [3.63, 3.8) is 0 Å². The van der Waals surface area contributed by atoms with E-state index in [1.54, 1.807) is 6.07 Å². The monoisotopic (exact) mass is 456 g/mol. The third-order valence-corrected chi connectivity index (χ3v) is 7.70. The highest BCUT2D eigenvalue weighted by Crippen LogP contribution is 2.46. The number of carbonyl (C=O) groups is 2. The number of aromatic carboxylic acids is 1. The molecular weight excluding hydrogens is 428 g/mol. The van der Waals surface area contributed by atoms with Crippen LogP contribution in [0.2, 0.25) is 0 Å². The van der Waals surface area contributed by atoms with Crippen LogP contribution >= 0.6 is 0 Å². The molecule has 1 fully saturated rings. The van der Waals surface area contributed by atoms with Crippen LogP contribution in [0.3, 0.4) is 0 Å². The van der Waals surface area contributed by atoms with Crippen molar-refractivity contribution in [2.24, 2.45) is 0 Å². The number of aromatic nitrogens is 2. The zero-order chi connectivity index (χ0) is 23.4. The molecule has 4 aromatic rings. The molecular formula is C28H28N2O4. The van der Waals surface area contributed by atoms with E-state index < -0.39 is 5.97 Å². The fraction of sp³-hybridized carbons (Fsp3) is 0.357. The molecule has 2 aliphatic rings. The number of esters is 1. The van der Waals surface area contributed by atoms with Gasteiger partial charge >= 0.3 is 11.9 Å². The summed E-state index contributed by atoms with van der Waals surface area (Å²) in [6.45, 7) is 1.40. The number of hydrogen-bond acceptors (Lipinski definition) is 3. The second-order valence-electron chi connectivity index (χ2n) is 9.56. The van der Waals surface area contributed by atoms with Crippen molar-refractivity contribution >= 4 is 33.7 Å². The van der Waals surface area contributed by atoms with Crippen LogP contribution in [0, 0.1) is 0 Å². The van der Waals surface area contributed by atoms with Crippen LogP contribution in [0.1, 0.15) is 70.9 Å². The van der Waals surface area contributed by atoms with E-state index >= 15 is 0 Å². The minimum absolute atomic E-state index is 0.329. The van der Waals surface area contributed by atoms with E-state index in [1.807, 2.05) is 28.8 Å². The van der Waals surface area contributed by atoms with Gasteiger partial charge in [-0.2, -0.15) is 0 Å². The molecule has 1 aliphatic heterocycles. The summed E-state index contributed by atoms with van der Waals surface area (Å²) in [6, 6.07) is 13.9. The molecule has 3 heterocycles. The van der Waals surface area contributed by atoms with Crippen LogP contribution in [0.15, 0.2) is 42.5 Å². The van der Waals surface area contributed by atoms with E-state index in [1.165, 1.54) is 43.0 Å². The number of aryl methyl sites for hydroxylation is 2. The SMILES string of the molecule is COC(=O)c1ccc2c(C3CCCCC3)c3n(c2c1)CCCn1c(C(=O)O)cc2cccc-3c21. The molecule has 1 saturated carbocycles. The second kappa shape index (κ2) is 8.05. The zero-order valence-electron chi connectivity index (χ0n) is 19.3. The first-order valence-electron chi connectivity index (χ1n) is 12.2. The lowest BCUT2D eigenvalue weighted by Crippen LogP contribution is -2.14. The van der Waals surface area contributed by atoms with Gasteiger partial charge in [0.2, 0.25) is 0 Å². The Morgan fingerprint density at radius 2 is 1.76 bits per heavy atom. The molecule has 0 amide bonds. The van der Waals surface area contributed by atoms with Crippen LogP contribution in [0.5, 0.6) is 0 Å². The Balaban J connectivity index is 1.72. The van der Waals surface area contributed by atoms with Crippen LogP contribution < -0.4 is 0 Å². The molecule has 2 aromatic carbocycles. The quantitative estimate of drug-likeness (QED) is 0.373. The van der Waals surface area contributed by atoms with Crippen molar-refractivity contribution in [3.8, 4) is 11.3 Å². The van der Waals surface area contributed by atoms with E-state index in [9.17, 15) is 14.7 Å². The second-order valence-corrected chi connectivity index (χ2v) is 9.56. The molecule has 1 N–H and O–H groups in total. The summed E-state index contributed by atoms with van der Waals surface area (Å²) >= 11 is 0. The highest BCUT2D eigenvalue weighted by atomic mass is 16.5. The number of rotatable bonds is 3. The van der Waals surface area contributed by atoms with Crippen LogP contribution in [0.25, 0.3) is 33.1 Å². The lowest BCUT2D eigenvalue weighted by atomic mass is 9.81. The van der Waals surface area contributed by atoms with Crippen LogP contribution in [-0.2, 0) is 17.8 Å².